The zero-order valence-electron chi connectivity index (χ0n) is 16.3. The molecule has 0 radical (unpaired) electrons. The van der Waals surface area contributed by atoms with Gasteiger partial charge >= 0.3 is 24.2 Å². The highest BCUT2D eigenvalue weighted by Gasteiger charge is 2.14. The molecule has 0 N–H and O–H groups in total. The summed E-state index contributed by atoms with van der Waals surface area (Å²) in [6.45, 7) is 9.55. The van der Waals surface area contributed by atoms with E-state index in [1.165, 1.54) is 38.1 Å². The van der Waals surface area contributed by atoms with Crippen LogP contribution in [0.15, 0.2) is 72.8 Å². The van der Waals surface area contributed by atoms with Gasteiger partial charge < -0.3 is 18.9 Å². The van der Waals surface area contributed by atoms with Gasteiger partial charge in [0.05, 0.1) is 0 Å². The molecule has 8 nitrogen and oxygen atoms in total. The first-order chi connectivity index (χ1) is 14.2. The molecule has 0 saturated heterocycles. The van der Waals surface area contributed by atoms with Crippen LogP contribution in [0.2, 0.25) is 0 Å². The van der Waals surface area contributed by atoms with Gasteiger partial charge in [0.25, 0.3) is 0 Å². The monoisotopic (exact) mass is 410 g/mol. The van der Waals surface area contributed by atoms with E-state index in [9.17, 15) is 19.2 Å². The highest BCUT2D eigenvalue weighted by atomic mass is 16.7. The van der Waals surface area contributed by atoms with Crippen molar-refractivity contribution >= 4 is 24.2 Å². The van der Waals surface area contributed by atoms with Crippen LogP contribution in [-0.2, 0) is 19.1 Å². The molecular formula is C22H18O8. The second-order valence-corrected chi connectivity index (χ2v) is 6.09. The number of ether oxygens (including phenoxy) is 4. The van der Waals surface area contributed by atoms with E-state index in [0.29, 0.717) is 0 Å². The van der Waals surface area contributed by atoms with E-state index in [1.807, 2.05) is 0 Å². The van der Waals surface area contributed by atoms with Crippen LogP contribution >= 0.6 is 0 Å². The Balaban J connectivity index is 1.96. The van der Waals surface area contributed by atoms with E-state index in [4.69, 9.17) is 9.47 Å². The lowest BCUT2D eigenvalue weighted by molar-refractivity contribution is -0.135. The fraction of sp³-hybridized carbons (Fsp3) is 0.0909. The second kappa shape index (κ2) is 9.83. The van der Waals surface area contributed by atoms with E-state index >= 15 is 0 Å². The topological polar surface area (TPSA) is 105 Å². The molecule has 2 rings (SSSR count). The summed E-state index contributed by atoms with van der Waals surface area (Å²) in [4.78, 5) is 45.6. The summed E-state index contributed by atoms with van der Waals surface area (Å²) in [5.41, 5.74) is 1.71. The minimum absolute atomic E-state index is 0.0744. The van der Waals surface area contributed by atoms with Gasteiger partial charge in [0.2, 0.25) is 0 Å². The Bertz CT molecular complexity index is 917. The zero-order chi connectivity index (χ0) is 22.3. The van der Waals surface area contributed by atoms with Gasteiger partial charge in [0.1, 0.15) is 11.5 Å². The SMILES string of the molecule is C=C(C)C(=O)OC(=O)Oc1ccc(-c2ccc(OC(=O)OC(=O)C(=C)C)cc2)cc1. The lowest BCUT2D eigenvalue weighted by atomic mass is 10.1. The maximum atomic E-state index is 11.5. The second-order valence-electron chi connectivity index (χ2n) is 6.09. The van der Waals surface area contributed by atoms with Crippen molar-refractivity contribution in [3.63, 3.8) is 0 Å². The molecule has 0 amide bonds. The first-order valence-corrected chi connectivity index (χ1v) is 8.55. The van der Waals surface area contributed by atoms with Crippen LogP contribution in [-0.4, -0.2) is 24.2 Å². The molecule has 0 unspecified atom stereocenters. The molecule has 0 bridgehead atoms. The van der Waals surface area contributed by atoms with Gasteiger partial charge in [-0.15, -0.1) is 0 Å². The molecule has 30 heavy (non-hydrogen) atoms. The molecule has 0 aliphatic carbocycles. The van der Waals surface area contributed by atoms with E-state index in [-0.39, 0.29) is 22.6 Å². The average molecular weight is 410 g/mol. The Kier molecular flexibility index (Phi) is 7.24. The number of hydrogen-bond acceptors (Lipinski definition) is 8. The van der Waals surface area contributed by atoms with E-state index in [2.05, 4.69) is 22.6 Å². The quantitative estimate of drug-likeness (QED) is 0.305. The highest BCUT2D eigenvalue weighted by molar-refractivity contribution is 5.94. The van der Waals surface area contributed by atoms with Gasteiger partial charge in [-0.25, -0.2) is 19.2 Å². The van der Waals surface area contributed by atoms with Crippen LogP contribution in [0.25, 0.3) is 11.1 Å². The highest BCUT2D eigenvalue weighted by Crippen LogP contribution is 2.25. The van der Waals surface area contributed by atoms with Gasteiger partial charge in [0.15, 0.2) is 0 Å². The maximum absolute atomic E-state index is 11.5. The first-order valence-electron chi connectivity index (χ1n) is 8.55. The van der Waals surface area contributed by atoms with Crippen molar-refractivity contribution in [2.75, 3.05) is 0 Å². The van der Waals surface area contributed by atoms with Crippen molar-refractivity contribution in [3.05, 3.63) is 72.8 Å². The Morgan fingerprint density at radius 1 is 0.600 bits per heavy atom. The number of benzene rings is 2. The third-order valence-electron chi connectivity index (χ3n) is 3.49. The van der Waals surface area contributed by atoms with Crippen molar-refractivity contribution in [3.8, 4) is 22.6 Å². The number of hydrogen-bond donors (Lipinski definition) is 0. The summed E-state index contributed by atoms with van der Waals surface area (Å²) in [5, 5.41) is 0. The number of carbonyl (C=O) groups excluding carboxylic acids is 4. The summed E-state index contributed by atoms with van der Waals surface area (Å²) in [5.74, 6) is -1.37. The van der Waals surface area contributed by atoms with E-state index < -0.39 is 24.2 Å². The minimum atomic E-state index is -1.16. The number of esters is 2. The first kappa shape index (κ1) is 22.1. The van der Waals surface area contributed by atoms with Gasteiger partial charge in [-0.2, -0.15) is 0 Å². The predicted octanol–water partition coefficient (Wildman–Crippen LogP) is 4.59. The van der Waals surface area contributed by atoms with Crippen molar-refractivity contribution in [1.29, 1.82) is 0 Å². The summed E-state index contributed by atoms with van der Waals surface area (Å²) in [7, 11) is 0. The van der Waals surface area contributed by atoms with Crippen LogP contribution in [0.4, 0.5) is 9.59 Å². The lowest BCUT2D eigenvalue weighted by Gasteiger charge is -2.07. The third-order valence-corrected chi connectivity index (χ3v) is 3.49. The van der Waals surface area contributed by atoms with Gasteiger partial charge in [-0.1, -0.05) is 37.4 Å². The molecule has 0 atom stereocenters. The zero-order valence-corrected chi connectivity index (χ0v) is 16.3. The van der Waals surface area contributed by atoms with Crippen molar-refractivity contribution in [1.82, 2.24) is 0 Å². The maximum Gasteiger partial charge on any atom is 0.521 e. The largest absolute Gasteiger partial charge is 0.521 e. The molecule has 0 aromatic heterocycles. The summed E-state index contributed by atoms with van der Waals surface area (Å²) < 4.78 is 18.7. The fourth-order valence-electron chi connectivity index (χ4n) is 1.99. The standard InChI is InChI=1S/C22H18O8/c1-13(2)19(23)29-21(25)27-17-9-5-15(6-10-17)16-7-11-18(12-8-16)28-22(26)30-20(24)14(3)4/h5-12H,1,3H2,2,4H3. The molecule has 8 heteroatoms. The molecular weight excluding hydrogens is 392 g/mol. The molecule has 0 spiro atoms. The van der Waals surface area contributed by atoms with Crippen molar-refractivity contribution in [2.24, 2.45) is 0 Å². The van der Waals surface area contributed by atoms with Crippen LogP contribution in [0.3, 0.4) is 0 Å². The molecule has 0 heterocycles. The Morgan fingerprint density at radius 2 is 0.900 bits per heavy atom. The Hall–Kier alpha value is -4.20. The normalized spacial score (nSPS) is 9.80. The molecule has 0 aliphatic rings. The van der Waals surface area contributed by atoms with E-state index in [1.54, 1.807) is 24.3 Å². The Morgan fingerprint density at radius 3 is 1.17 bits per heavy atom. The third kappa shape index (κ3) is 6.45. The van der Waals surface area contributed by atoms with Gasteiger partial charge in [-0.05, 0) is 49.2 Å². The Labute approximate surface area is 172 Å². The van der Waals surface area contributed by atoms with Gasteiger partial charge in [0, 0.05) is 11.1 Å². The molecule has 0 fully saturated rings. The lowest BCUT2D eigenvalue weighted by Crippen LogP contribution is -2.16. The molecule has 2 aromatic rings. The fourth-order valence-corrected chi connectivity index (χ4v) is 1.99. The summed E-state index contributed by atoms with van der Waals surface area (Å²) >= 11 is 0. The molecule has 0 saturated carbocycles. The average Bonchev–Trinajstić information content (AvgIpc) is 2.68. The minimum Gasteiger partial charge on any atom is -0.395 e. The van der Waals surface area contributed by atoms with Crippen molar-refractivity contribution < 1.29 is 38.1 Å². The molecule has 0 aliphatic heterocycles. The number of carbonyl (C=O) groups is 4. The van der Waals surface area contributed by atoms with Gasteiger partial charge in [-0.3, -0.25) is 0 Å². The van der Waals surface area contributed by atoms with E-state index in [0.717, 1.165) is 11.1 Å². The van der Waals surface area contributed by atoms with Crippen LogP contribution in [0, 0.1) is 0 Å². The number of rotatable bonds is 5. The smallest absolute Gasteiger partial charge is 0.395 e. The van der Waals surface area contributed by atoms with Crippen LogP contribution < -0.4 is 9.47 Å². The molecule has 2 aromatic carbocycles. The van der Waals surface area contributed by atoms with Crippen LogP contribution in [0.5, 0.6) is 11.5 Å². The summed E-state index contributed by atoms with van der Waals surface area (Å²) in [6, 6.07) is 12.8. The predicted molar refractivity (Wildman–Crippen MR) is 106 cm³/mol. The molecule has 154 valence electrons. The summed E-state index contributed by atoms with van der Waals surface area (Å²) in [6.07, 6.45) is -2.32. The van der Waals surface area contributed by atoms with Crippen LogP contribution in [0.1, 0.15) is 13.8 Å². The van der Waals surface area contributed by atoms with Crippen molar-refractivity contribution in [2.45, 2.75) is 13.8 Å².